The number of hydrogen-bond acceptors (Lipinski definition) is 3. The number of ether oxygens (including phenoxy) is 1. The van der Waals surface area contributed by atoms with E-state index in [1.54, 1.807) is 7.11 Å². The summed E-state index contributed by atoms with van der Waals surface area (Å²) in [5.74, 6) is 0.862. The molecule has 3 heteroatoms. The lowest BCUT2D eigenvalue weighted by atomic mass is 10.1. The van der Waals surface area contributed by atoms with Crippen LogP contribution in [-0.4, -0.2) is 7.11 Å². The van der Waals surface area contributed by atoms with Gasteiger partial charge in [0.05, 0.1) is 7.11 Å². The molecule has 0 aliphatic rings. The number of nitrogens with zero attached hydrogens (tertiary/aromatic N) is 2. The molecule has 6 aromatic rings. The van der Waals surface area contributed by atoms with Crippen LogP contribution in [0.3, 0.4) is 0 Å². The highest BCUT2D eigenvalue weighted by atomic mass is 16.5. The summed E-state index contributed by atoms with van der Waals surface area (Å²) in [6, 6.07) is 56.6. The monoisotopic (exact) mass is 548 g/mol. The standard InChI is InChI=1S/C20H19NO.C19H17N/c1-16-8-10-18(11-9-16)21(17-6-4-3-5-7-17)19-12-14-20(22-2)15-13-19;1-16-12-14-19(15-13-16)20(17-8-4-2-5-9-17)18-10-6-3-7-11-18/h3-15H,1-2H3;2-15H,1H3. The third-order valence-electron chi connectivity index (χ3n) is 6.96. The molecule has 0 bridgehead atoms. The van der Waals surface area contributed by atoms with Gasteiger partial charge >= 0.3 is 0 Å². The Kier molecular flexibility index (Phi) is 9.33. The minimum atomic E-state index is 0.862. The Bertz CT molecular complexity index is 1590. The normalized spacial score (nSPS) is 10.3. The fourth-order valence-corrected chi connectivity index (χ4v) is 4.74. The molecule has 6 aromatic carbocycles. The second kappa shape index (κ2) is 13.9. The number of para-hydroxylation sites is 3. The number of rotatable bonds is 7. The second-order valence-electron chi connectivity index (χ2n) is 10.0. The Morgan fingerprint density at radius 3 is 0.881 bits per heavy atom. The molecule has 0 amide bonds. The minimum absolute atomic E-state index is 0.862. The molecule has 0 radical (unpaired) electrons. The molecule has 0 saturated carbocycles. The summed E-state index contributed by atoms with van der Waals surface area (Å²) in [5.41, 5.74) is 9.42. The molecule has 0 N–H and O–H groups in total. The zero-order valence-corrected chi connectivity index (χ0v) is 24.4. The zero-order valence-electron chi connectivity index (χ0n) is 24.4. The lowest BCUT2D eigenvalue weighted by Crippen LogP contribution is -2.09. The Labute approximate surface area is 249 Å². The third-order valence-corrected chi connectivity index (χ3v) is 6.96. The van der Waals surface area contributed by atoms with Crippen molar-refractivity contribution in [2.24, 2.45) is 0 Å². The molecule has 208 valence electrons. The first-order valence-electron chi connectivity index (χ1n) is 14.2. The van der Waals surface area contributed by atoms with Crippen LogP contribution in [0.5, 0.6) is 5.75 Å². The minimum Gasteiger partial charge on any atom is -0.497 e. The summed E-state index contributed by atoms with van der Waals surface area (Å²) in [7, 11) is 1.68. The van der Waals surface area contributed by atoms with Gasteiger partial charge in [-0.15, -0.1) is 0 Å². The number of benzene rings is 6. The van der Waals surface area contributed by atoms with Crippen molar-refractivity contribution in [2.45, 2.75) is 13.8 Å². The predicted octanol–water partition coefficient (Wildman–Crippen LogP) is 10.9. The molecule has 0 unspecified atom stereocenters. The fraction of sp³-hybridized carbons (Fsp3) is 0.0769. The van der Waals surface area contributed by atoms with Crippen molar-refractivity contribution < 1.29 is 4.74 Å². The maximum Gasteiger partial charge on any atom is 0.119 e. The van der Waals surface area contributed by atoms with Gasteiger partial charge in [0.1, 0.15) is 5.75 Å². The van der Waals surface area contributed by atoms with Crippen LogP contribution < -0.4 is 14.5 Å². The van der Waals surface area contributed by atoms with Gasteiger partial charge in [0.15, 0.2) is 0 Å². The molecule has 6 rings (SSSR count). The molecule has 3 nitrogen and oxygen atoms in total. The van der Waals surface area contributed by atoms with Gasteiger partial charge in [-0.3, -0.25) is 0 Å². The first kappa shape index (κ1) is 28.3. The van der Waals surface area contributed by atoms with Gasteiger partial charge < -0.3 is 14.5 Å². The molecule has 0 atom stereocenters. The van der Waals surface area contributed by atoms with Crippen molar-refractivity contribution in [1.29, 1.82) is 0 Å². The smallest absolute Gasteiger partial charge is 0.119 e. The lowest BCUT2D eigenvalue weighted by molar-refractivity contribution is 0.415. The van der Waals surface area contributed by atoms with Crippen LogP contribution in [-0.2, 0) is 0 Å². The average Bonchev–Trinajstić information content (AvgIpc) is 3.05. The maximum atomic E-state index is 5.26. The number of methoxy groups -OCH3 is 1. The van der Waals surface area contributed by atoms with Crippen LogP contribution in [0, 0.1) is 13.8 Å². The van der Waals surface area contributed by atoms with E-state index in [2.05, 4.69) is 157 Å². The van der Waals surface area contributed by atoms with Gasteiger partial charge in [-0.05, 0) is 98.8 Å². The largest absolute Gasteiger partial charge is 0.497 e. The van der Waals surface area contributed by atoms with Crippen molar-refractivity contribution in [3.8, 4) is 5.75 Å². The first-order chi connectivity index (χ1) is 20.6. The molecule has 0 fully saturated rings. The summed E-state index contributed by atoms with van der Waals surface area (Å²) < 4.78 is 5.26. The Hall–Kier alpha value is -5.28. The van der Waals surface area contributed by atoms with E-state index in [9.17, 15) is 0 Å². The molecular formula is C39H36N2O. The van der Waals surface area contributed by atoms with Gasteiger partial charge in [0.2, 0.25) is 0 Å². The van der Waals surface area contributed by atoms with Gasteiger partial charge in [0.25, 0.3) is 0 Å². The number of hydrogen-bond donors (Lipinski definition) is 0. The first-order valence-corrected chi connectivity index (χ1v) is 14.2. The Morgan fingerprint density at radius 1 is 0.333 bits per heavy atom. The highest BCUT2D eigenvalue weighted by molar-refractivity contribution is 5.77. The van der Waals surface area contributed by atoms with Gasteiger partial charge in [-0.1, -0.05) is 90.0 Å². The Balaban J connectivity index is 0.000000169. The van der Waals surface area contributed by atoms with Crippen LogP contribution >= 0.6 is 0 Å². The molecule has 0 aromatic heterocycles. The Morgan fingerprint density at radius 2 is 0.595 bits per heavy atom. The van der Waals surface area contributed by atoms with E-state index in [-0.39, 0.29) is 0 Å². The quantitative estimate of drug-likeness (QED) is 0.197. The van der Waals surface area contributed by atoms with E-state index in [1.807, 2.05) is 30.3 Å². The highest BCUT2D eigenvalue weighted by Crippen LogP contribution is 2.35. The van der Waals surface area contributed by atoms with E-state index >= 15 is 0 Å². The van der Waals surface area contributed by atoms with Crippen LogP contribution in [0.4, 0.5) is 34.1 Å². The maximum absolute atomic E-state index is 5.26. The van der Waals surface area contributed by atoms with Gasteiger partial charge in [0, 0.05) is 34.1 Å². The molecule has 0 aliphatic heterocycles. The van der Waals surface area contributed by atoms with E-state index in [1.165, 1.54) is 28.2 Å². The summed E-state index contributed by atoms with van der Waals surface area (Å²) >= 11 is 0. The second-order valence-corrected chi connectivity index (χ2v) is 10.0. The average molecular weight is 549 g/mol. The molecule has 0 heterocycles. The molecule has 42 heavy (non-hydrogen) atoms. The molecule has 0 spiro atoms. The van der Waals surface area contributed by atoms with E-state index in [0.717, 1.165) is 22.8 Å². The summed E-state index contributed by atoms with van der Waals surface area (Å²) in [6.45, 7) is 4.21. The van der Waals surface area contributed by atoms with Crippen LogP contribution in [0.2, 0.25) is 0 Å². The van der Waals surface area contributed by atoms with Gasteiger partial charge in [-0.25, -0.2) is 0 Å². The molecular weight excluding hydrogens is 512 g/mol. The third kappa shape index (κ3) is 7.07. The van der Waals surface area contributed by atoms with Gasteiger partial charge in [-0.2, -0.15) is 0 Å². The van der Waals surface area contributed by atoms with Crippen molar-refractivity contribution in [3.63, 3.8) is 0 Å². The van der Waals surface area contributed by atoms with E-state index < -0.39 is 0 Å². The van der Waals surface area contributed by atoms with Crippen molar-refractivity contribution in [2.75, 3.05) is 16.9 Å². The molecule has 0 saturated heterocycles. The SMILES string of the molecule is COc1ccc(N(c2ccccc2)c2ccc(C)cc2)cc1.Cc1ccc(N(c2ccccc2)c2ccccc2)cc1. The fourth-order valence-electron chi connectivity index (χ4n) is 4.74. The molecule has 0 aliphatic carbocycles. The lowest BCUT2D eigenvalue weighted by Gasteiger charge is -2.25. The van der Waals surface area contributed by atoms with Crippen molar-refractivity contribution in [1.82, 2.24) is 0 Å². The topological polar surface area (TPSA) is 15.7 Å². The van der Waals surface area contributed by atoms with Crippen LogP contribution in [0.25, 0.3) is 0 Å². The van der Waals surface area contributed by atoms with Crippen LogP contribution in [0.1, 0.15) is 11.1 Å². The van der Waals surface area contributed by atoms with Crippen LogP contribution in [0.15, 0.2) is 164 Å². The number of aryl methyl sites for hydroxylation is 2. The zero-order chi connectivity index (χ0) is 29.1. The van der Waals surface area contributed by atoms with Crippen molar-refractivity contribution >= 4 is 34.1 Å². The highest BCUT2D eigenvalue weighted by Gasteiger charge is 2.12. The van der Waals surface area contributed by atoms with E-state index in [4.69, 9.17) is 4.74 Å². The summed E-state index contributed by atoms with van der Waals surface area (Å²) in [4.78, 5) is 4.50. The van der Waals surface area contributed by atoms with Crippen molar-refractivity contribution in [3.05, 3.63) is 175 Å². The summed E-state index contributed by atoms with van der Waals surface area (Å²) in [6.07, 6.45) is 0. The van der Waals surface area contributed by atoms with E-state index in [0.29, 0.717) is 0 Å². The number of anilines is 6. The predicted molar refractivity (Wildman–Crippen MR) is 178 cm³/mol. The summed E-state index contributed by atoms with van der Waals surface area (Å²) in [5, 5.41) is 0.